The molecule has 0 bridgehead atoms. The predicted molar refractivity (Wildman–Crippen MR) is 63.5 cm³/mol. The van der Waals surface area contributed by atoms with E-state index >= 15 is 0 Å². The highest BCUT2D eigenvalue weighted by Crippen LogP contribution is 2.06. The Balaban J connectivity index is 3.56. The molecular weight excluding hydrogens is 222 g/mol. The minimum atomic E-state index is -0.841. The standard InChI is InChI=1S/C12H21NO4/c1-3-5-6-7-8-9-11(14)16-17-12(15)10(13)4-2/h4H,3,5-9,13H2,1-2H3/b10-4-. The molecule has 0 amide bonds. The molecule has 0 heterocycles. The lowest BCUT2D eigenvalue weighted by atomic mass is 10.1. The van der Waals surface area contributed by atoms with Gasteiger partial charge >= 0.3 is 11.9 Å². The molecule has 0 aromatic rings. The van der Waals surface area contributed by atoms with Crippen LogP contribution in [0.2, 0.25) is 0 Å². The van der Waals surface area contributed by atoms with Crippen LogP contribution in [0.5, 0.6) is 0 Å². The first-order valence-corrected chi connectivity index (χ1v) is 5.95. The van der Waals surface area contributed by atoms with Crippen molar-refractivity contribution >= 4 is 11.9 Å². The molecule has 0 radical (unpaired) electrons. The van der Waals surface area contributed by atoms with Crippen LogP contribution in [-0.2, 0) is 19.4 Å². The van der Waals surface area contributed by atoms with Crippen LogP contribution >= 0.6 is 0 Å². The molecule has 0 aromatic carbocycles. The van der Waals surface area contributed by atoms with Gasteiger partial charge in [-0.15, -0.1) is 0 Å². The minimum Gasteiger partial charge on any atom is -0.393 e. The highest BCUT2D eigenvalue weighted by Gasteiger charge is 2.11. The maximum absolute atomic E-state index is 11.1. The third-order valence-corrected chi connectivity index (χ3v) is 2.24. The maximum atomic E-state index is 11.1. The number of allylic oxidation sites excluding steroid dienone is 1. The molecule has 0 saturated carbocycles. The van der Waals surface area contributed by atoms with Gasteiger partial charge in [0.05, 0.1) is 6.42 Å². The van der Waals surface area contributed by atoms with Crippen molar-refractivity contribution < 1.29 is 19.4 Å². The van der Waals surface area contributed by atoms with Gasteiger partial charge in [0.25, 0.3) is 0 Å². The topological polar surface area (TPSA) is 78.6 Å². The molecular formula is C12H21NO4. The SMILES string of the molecule is C/C=C(\N)C(=O)OOC(=O)CCCCCCC. The number of carbonyl (C=O) groups is 2. The van der Waals surface area contributed by atoms with Crippen molar-refractivity contribution in [2.75, 3.05) is 0 Å². The Labute approximate surface area is 102 Å². The second-order valence-electron chi connectivity index (χ2n) is 3.73. The maximum Gasteiger partial charge on any atom is 0.401 e. The molecule has 5 nitrogen and oxygen atoms in total. The summed E-state index contributed by atoms with van der Waals surface area (Å²) in [7, 11) is 0. The van der Waals surface area contributed by atoms with Crippen molar-refractivity contribution in [2.45, 2.75) is 52.4 Å². The van der Waals surface area contributed by atoms with Crippen LogP contribution in [0.1, 0.15) is 52.4 Å². The van der Waals surface area contributed by atoms with E-state index in [1.54, 1.807) is 6.92 Å². The Kier molecular flexibility index (Phi) is 8.82. The molecule has 0 atom stereocenters. The summed E-state index contributed by atoms with van der Waals surface area (Å²) >= 11 is 0. The zero-order chi connectivity index (χ0) is 13.1. The van der Waals surface area contributed by atoms with E-state index < -0.39 is 11.9 Å². The summed E-state index contributed by atoms with van der Waals surface area (Å²) in [5, 5.41) is 0. The van der Waals surface area contributed by atoms with Crippen LogP contribution < -0.4 is 5.73 Å². The fourth-order valence-electron chi connectivity index (χ4n) is 1.16. The Morgan fingerprint density at radius 2 is 1.76 bits per heavy atom. The normalized spacial score (nSPS) is 11.1. The van der Waals surface area contributed by atoms with Crippen molar-refractivity contribution in [3.05, 3.63) is 11.8 Å². The molecule has 2 N–H and O–H groups in total. The number of hydrogen-bond donors (Lipinski definition) is 1. The summed E-state index contributed by atoms with van der Waals surface area (Å²) in [5.74, 6) is -1.38. The lowest BCUT2D eigenvalue weighted by molar-refractivity contribution is -0.255. The molecule has 0 aliphatic carbocycles. The van der Waals surface area contributed by atoms with Crippen LogP contribution in [0.25, 0.3) is 0 Å². The Morgan fingerprint density at radius 1 is 1.12 bits per heavy atom. The van der Waals surface area contributed by atoms with Crippen LogP contribution in [-0.4, -0.2) is 11.9 Å². The second-order valence-corrected chi connectivity index (χ2v) is 3.73. The summed E-state index contributed by atoms with van der Waals surface area (Å²) in [6.07, 6.45) is 6.79. The fourth-order valence-corrected chi connectivity index (χ4v) is 1.16. The van der Waals surface area contributed by atoms with Gasteiger partial charge in [-0.3, -0.25) is 0 Å². The van der Waals surface area contributed by atoms with Gasteiger partial charge in [-0.2, -0.15) is 0 Å². The molecule has 0 aromatic heterocycles. The number of unbranched alkanes of at least 4 members (excludes halogenated alkanes) is 4. The zero-order valence-corrected chi connectivity index (χ0v) is 10.5. The Hall–Kier alpha value is -1.52. The van der Waals surface area contributed by atoms with Gasteiger partial charge in [0, 0.05) is 0 Å². The highest BCUT2D eigenvalue weighted by atomic mass is 17.2. The van der Waals surface area contributed by atoms with Crippen LogP contribution in [0.4, 0.5) is 0 Å². The molecule has 98 valence electrons. The predicted octanol–water partition coefficient (Wildman–Crippen LogP) is 2.21. The molecule has 17 heavy (non-hydrogen) atoms. The first-order chi connectivity index (χ1) is 8.11. The second kappa shape index (κ2) is 9.69. The van der Waals surface area contributed by atoms with E-state index in [-0.39, 0.29) is 12.1 Å². The smallest absolute Gasteiger partial charge is 0.393 e. The Bertz CT molecular complexity index is 274. The zero-order valence-electron chi connectivity index (χ0n) is 10.5. The molecule has 0 fully saturated rings. The van der Waals surface area contributed by atoms with E-state index in [1.807, 2.05) is 0 Å². The number of nitrogens with two attached hydrogens (primary N) is 1. The highest BCUT2D eigenvalue weighted by molar-refractivity contribution is 5.87. The first kappa shape index (κ1) is 15.5. The van der Waals surface area contributed by atoms with E-state index in [0.717, 1.165) is 25.7 Å². The third kappa shape index (κ3) is 8.30. The van der Waals surface area contributed by atoms with Crippen molar-refractivity contribution in [1.82, 2.24) is 0 Å². The van der Waals surface area contributed by atoms with Gasteiger partial charge in [-0.05, 0) is 13.3 Å². The quantitative estimate of drug-likeness (QED) is 0.321. The average Bonchev–Trinajstić information content (AvgIpc) is 2.34. The Morgan fingerprint density at radius 3 is 2.35 bits per heavy atom. The van der Waals surface area contributed by atoms with Crippen LogP contribution in [0, 0.1) is 0 Å². The molecule has 5 heteroatoms. The number of carbonyl (C=O) groups excluding carboxylic acids is 2. The van der Waals surface area contributed by atoms with E-state index in [4.69, 9.17) is 5.73 Å². The first-order valence-electron chi connectivity index (χ1n) is 5.95. The van der Waals surface area contributed by atoms with Crippen molar-refractivity contribution in [1.29, 1.82) is 0 Å². The average molecular weight is 243 g/mol. The van der Waals surface area contributed by atoms with Crippen molar-refractivity contribution in [3.8, 4) is 0 Å². The van der Waals surface area contributed by atoms with Gasteiger partial charge in [-0.1, -0.05) is 38.7 Å². The number of rotatable bonds is 7. The van der Waals surface area contributed by atoms with Gasteiger partial charge in [0.1, 0.15) is 5.70 Å². The van der Waals surface area contributed by atoms with Gasteiger partial charge in [0.2, 0.25) is 0 Å². The van der Waals surface area contributed by atoms with Crippen LogP contribution in [0.15, 0.2) is 11.8 Å². The monoisotopic (exact) mass is 243 g/mol. The largest absolute Gasteiger partial charge is 0.401 e. The van der Waals surface area contributed by atoms with Crippen molar-refractivity contribution in [2.24, 2.45) is 5.73 Å². The summed E-state index contributed by atoms with van der Waals surface area (Å²) in [4.78, 5) is 30.7. The fraction of sp³-hybridized carbons (Fsp3) is 0.667. The van der Waals surface area contributed by atoms with Crippen molar-refractivity contribution in [3.63, 3.8) is 0 Å². The summed E-state index contributed by atoms with van der Waals surface area (Å²) in [6, 6.07) is 0. The van der Waals surface area contributed by atoms with Gasteiger partial charge in [-0.25, -0.2) is 19.4 Å². The van der Waals surface area contributed by atoms with E-state index in [0.29, 0.717) is 0 Å². The van der Waals surface area contributed by atoms with E-state index in [2.05, 4.69) is 16.7 Å². The number of hydrogen-bond acceptors (Lipinski definition) is 5. The summed E-state index contributed by atoms with van der Waals surface area (Å²) in [6.45, 7) is 3.71. The van der Waals surface area contributed by atoms with E-state index in [1.165, 1.54) is 12.5 Å². The molecule has 0 rings (SSSR count). The molecule has 0 saturated heterocycles. The van der Waals surface area contributed by atoms with E-state index in [9.17, 15) is 9.59 Å². The molecule has 0 aliphatic heterocycles. The molecule has 0 aliphatic rings. The lowest BCUT2D eigenvalue weighted by Crippen LogP contribution is -2.17. The summed E-state index contributed by atoms with van der Waals surface area (Å²) < 4.78 is 0. The molecule has 0 unspecified atom stereocenters. The minimum absolute atomic E-state index is 0.0826. The van der Waals surface area contributed by atoms with Gasteiger partial charge in [0.15, 0.2) is 0 Å². The lowest BCUT2D eigenvalue weighted by Gasteiger charge is -2.03. The van der Waals surface area contributed by atoms with Gasteiger partial charge < -0.3 is 5.73 Å². The summed E-state index contributed by atoms with van der Waals surface area (Å²) in [5.41, 5.74) is 5.17. The van der Waals surface area contributed by atoms with Crippen LogP contribution in [0.3, 0.4) is 0 Å². The third-order valence-electron chi connectivity index (χ3n) is 2.24. The molecule has 0 spiro atoms.